The summed E-state index contributed by atoms with van der Waals surface area (Å²) < 4.78 is 0. The number of hydrogen-bond acceptors (Lipinski definition) is 3. The summed E-state index contributed by atoms with van der Waals surface area (Å²) in [4.78, 5) is 19.3. The van der Waals surface area contributed by atoms with Crippen LogP contribution in [0.15, 0.2) is 4.99 Å². The minimum Gasteiger partial charge on any atom is -0.393 e. The average molecular weight is 256 g/mol. The SMILES string of the molecule is CN=C(NCC(=O)N(C)C)N1CCC(C(C)O)C1. The molecule has 2 N–H and O–H groups in total. The molecular formula is C12H24N4O2. The molecule has 0 aliphatic carbocycles. The van der Waals surface area contributed by atoms with Crippen LogP contribution in [-0.2, 0) is 4.79 Å². The number of rotatable bonds is 3. The Hall–Kier alpha value is -1.30. The molecule has 1 fully saturated rings. The Morgan fingerprint density at radius 1 is 1.61 bits per heavy atom. The van der Waals surface area contributed by atoms with Crippen LogP contribution in [0.5, 0.6) is 0 Å². The van der Waals surface area contributed by atoms with E-state index in [-0.39, 0.29) is 24.5 Å². The molecule has 0 radical (unpaired) electrons. The van der Waals surface area contributed by atoms with Crippen molar-refractivity contribution in [3.63, 3.8) is 0 Å². The highest BCUT2D eigenvalue weighted by Crippen LogP contribution is 2.19. The molecule has 6 nitrogen and oxygen atoms in total. The minimum atomic E-state index is -0.295. The fourth-order valence-electron chi connectivity index (χ4n) is 2.02. The normalized spacial score (nSPS) is 21.9. The molecule has 1 saturated heterocycles. The largest absolute Gasteiger partial charge is 0.393 e. The molecule has 2 unspecified atom stereocenters. The fraction of sp³-hybridized carbons (Fsp3) is 0.833. The van der Waals surface area contributed by atoms with Crippen LogP contribution >= 0.6 is 0 Å². The van der Waals surface area contributed by atoms with Crippen LogP contribution in [0.25, 0.3) is 0 Å². The van der Waals surface area contributed by atoms with Crippen molar-refractivity contribution in [1.82, 2.24) is 15.1 Å². The maximum absolute atomic E-state index is 11.5. The van der Waals surface area contributed by atoms with Gasteiger partial charge in [0.05, 0.1) is 12.6 Å². The van der Waals surface area contributed by atoms with Crippen LogP contribution in [0.1, 0.15) is 13.3 Å². The Labute approximate surface area is 109 Å². The van der Waals surface area contributed by atoms with Gasteiger partial charge in [0.2, 0.25) is 5.91 Å². The summed E-state index contributed by atoms with van der Waals surface area (Å²) in [6.07, 6.45) is 0.663. The van der Waals surface area contributed by atoms with E-state index in [1.807, 2.05) is 6.92 Å². The van der Waals surface area contributed by atoms with Crippen LogP contribution in [0.2, 0.25) is 0 Å². The number of amides is 1. The Balaban J connectivity index is 2.46. The zero-order valence-corrected chi connectivity index (χ0v) is 11.7. The molecule has 104 valence electrons. The number of aliphatic hydroxyl groups is 1. The van der Waals surface area contributed by atoms with Crippen molar-refractivity contribution in [2.75, 3.05) is 40.8 Å². The van der Waals surface area contributed by atoms with Crippen molar-refractivity contribution >= 4 is 11.9 Å². The number of hydrogen-bond donors (Lipinski definition) is 2. The summed E-state index contributed by atoms with van der Waals surface area (Å²) in [7, 11) is 5.16. The van der Waals surface area contributed by atoms with E-state index >= 15 is 0 Å². The van der Waals surface area contributed by atoms with Gasteiger partial charge < -0.3 is 20.2 Å². The lowest BCUT2D eigenvalue weighted by Crippen LogP contribution is -2.44. The first-order valence-corrected chi connectivity index (χ1v) is 6.29. The van der Waals surface area contributed by atoms with Gasteiger partial charge in [-0.05, 0) is 13.3 Å². The molecule has 1 heterocycles. The van der Waals surface area contributed by atoms with Crippen LogP contribution in [0.4, 0.5) is 0 Å². The van der Waals surface area contributed by atoms with Crippen molar-refractivity contribution in [2.45, 2.75) is 19.4 Å². The van der Waals surface area contributed by atoms with E-state index < -0.39 is 0 Å². The van der Waals surface area contributed by atoms with Gasteiger partial charge in [0.1, 0.15) is 0 Å². The lowest BCUT2D eigenvalue weighted by molar-refractivity contribution is -0.127. The molecule has 2 atom stereocenters. The number of nitrogens with zero attached hydrogens (tertiary/aromatic N) is 3. The fourth-order valence-corrected chi connectivity index (χ4v) is 2.02. The molecule has 1 amide bonds. The molecule has 0 aromatic heterocycles. The summed E-state index contributed by atoms with van der Waals surface area (Å²) in [6, 6.07) is 0. The third kappa shape index (κ3) is 3.87. The average Bonchev–Trinajstić information content (AvgIpc) is 2.79. The van der Waals surface area contributed by atoms with Crippen LogP contribution < -0.4 is 5.32 Å². The van der Waals surface area contributed by atoms with Gasteiger partial charge in [-0.2, -0.15) is 0 Å². The Morgan fingerprint density at radius 2 is 2.28 bits per heavy atom. The molecule has 0 saturated carbocycles. The molecule has 1 aliphatic heterocycles. The van der Waals surface area contributed by atoms with E-state index in [0.717, 1.165) is 25.5 Å². The summed E-state index contributed by atoms with van der Waals surface area (Å²) >= 11 is 0. The highest BCUT2D eigenvalue weighted by molar-refractivity contribution is 5.86. The van der Waals surface area contributed by atoms with Gasteiger partial charge in [0.15, 0.2) is 5.96 Å². The second-order valence-corrected chi connectivity index (χ2v) is 4.92. The highest BCUT2D eigenvalue weighted by atomic mass is 16.3. The van der Waals surface area contributed by atoms with Gasteiger partial charge in [0.25, 0.3) is 0 Å². The maximum atomic E-state index is 11.5. The van der Waals surface area contributed by atoms with Crippen molar-refractivity contribution in [1.29, 1.82) is 0 Å². The quantitative estimate of drug-likeness (QED) is 0.520. The first-order valence-electron chi connectivity index (χ1n) is 6.29. The van der Waals surface area contributed by atoms with Gasteiger partial charge >= 0.3 is 0 Å². The molecule has 6 heteroatoms. The zero-order valence-electron chi connectivity index (χ0n) is 11.7. The molecule has 1 rings (SSSR count). The Morgan fingerprint density at radius 3 is 2.72 bits per heavy atom. The Bertz CT molecular complexity index is 315. The van der Waals surface area contributed by atoms with E-state index in [0.29, 0.717) is 0 Å². The molecule has 18 heavy (non-hydrogen) atoms. The van der Waals surface area contributed by atoms with E-state index in [2.05, 4.69) is 15.2 Å². The van der Waals surface area contributed by atoms with Gasteiger partial charge in [-0.25, -0.2) is 0 Å². The van der Waals surface area contributed by atoms with E-state index in [1.54, 1.807) is 26.0 Å². The molecule has 1 aliphatic rings. The van der Waals surface area contributed by atoms with Gasteiger partial charge in [0, 0.05) is 40.2 Å². The van der Waals surface area contributed by atoms with E-state index in [9.17, 15) is 9.90 Å². The van der Waals surface area contributed by atoms with Crippen LogP contribution in [-0.4, -0.2) is 73.7 Å². The third-order valence-corrected chi connectivity index (χ3v) is 3.31. The molecule has 0 spiro atoms. The predicted molar refractivity (Wildman–Crippen MR) is 71.4 cm³/mol. The third-order valence-electron chi connectivity index (χ3n) is 3.31. The summed E-state index contributed by atoms with van der Waals surface area (Å²) in [6.45, 7) is 3.72. The number of likely N-dealkylation sites (tertiary alicyclic amines) is 1. The first kappa shape index (κ1) is 14.8. The second kappa shape index (κ2) is 6.58. The number of aliphatic hydroxyl groups excluding tert-OH is 1. The smallest absolute Gasteiger partial charge is 0.241 e. The lowest BCUT2D eigenvalue weighted by Gasteiger charge is -2.22. The summed E-state index contributed by atoms with van der Waals surface area (Å²) in [5, 5.41) is 12.6. The zero-order chi connectivity index (χ0) is 13.7. The summed E-state index contributed by atoms with van der Waals surface area (Å²) in [5.74, 6) is 1.03. The van der Waals surface area contributed by atoms with Crippen molar-refractivity contribution in [2.24, 2.45) is 10.9 Å². The topological polar surface area (TPSA) is 68.2 Å². The Kier molecular flexibility index (Phi) is 5.40. The molecule has 0 bridgehead atoms. The van der Waals surface area contributed by atoms with E-state index in [4.69, 9.17) is 0 Å². The van der Waals surface area contributed by atoms with Gasteiger partial charge in [-0.1, -0.05) is 0 Å². The summed E-state index contributed by atoms with van der Waals surface area (Å²) in [5.41, 5.74) is 0. The number of guanidine groups is 1. The van der Waals surface area contributed by atoms with E-state index in [1.165, 1.54) is 0 Å². The molecule has 0 aromatic carbocycles. The lowest BCUT2D eigenvalue weighted by atomic mass is 10.0. The van der Waals surface area contributed by atoms with Gasteiger partial charge in [-0.3, -0.25) is 9.79 Å². The highest BCUT2D eigenvalue weighted by Gasteiger charge is 2.27. The monoisotopic (exact) mass is 256 g/mol. The predicted octanol–water partition coefficient (Wildman–Crippen LogP) is -0.647. The number of likely N-dealkylation sites (N-methyl/N-ethyl adjacent to an activating group) is 1. The molecular weight excluding hydrogens is 232 g/mol. The second-order valence-electron chi connectivity index (χ2n) is 4.92. The minimum absolute atomic E-state index is 0.0161. The number of aliphatic imine (C=N–C) groups is 1. The van der Waals surface area contributed by atoms with Crippen LogP contribution in [0, 0.1) is 5.92 Å². The standard InChI is InChI=1S/C12H24N4O2/c1-9(17)10-5-6-16(8-10)12(13-2)14-7-11(18)15(3)4/h9-10,17H,5-8H2,1-4H3,(H,13,14). The van der Waals surface area contributed by atoms with Crippen molar-refractivity contribution < 1.29 is 9.90 Å². The number of carbonyl (C=O) groups is 1. The first-order chi connectivity index (χ1) is 8.45. The van der Waals surface area contributed by atoms with Crippen molar-refractivity contribution in [3.8, 4) is 0 Å². The van der Waals surface area contributed by atoms with Crippen molar-refractivity contribution in [3.05, 3.63) is 0 Å². The number of carbonyl (C=O) groups excluding carboxylic acids is 1. The van der Waals surface area contributed by atoms with Gasteiger partial charge in [-0.15, -0.1) is 0 Å². The number of nitrogens with one attached hydrogen (secondary N) is 1. The maximum Gasteiger partial charge on any atom is 0.241 e. The van der Waals surface area contributed by atoms with Crippen LogP contribution in [0.3, 0.4) is 0 Å². The molecule has 0 aromatic rings.